The van der Waals surface area contributed by atoms with Crippen molar-refractivity contribution in [3.05, 3.63) is 30.0 Å². The van der Waals surface area contributed by atoms with Gasteiger partial charge in [-0.1, -0.05) is 18.2 Å². The highest BCUT2D eigenvalue weighted by atomic mass is 16.3. The number of benzene rings is 1. The molecule has 0 fully saturated rings. The second-order valence-electron chi connectivity index (χ2n) is 4.82. The van der Waals surface area contributed by atoms with Crippen molar-refractivity contribution < 1.29 is 15.0 Å². The minimum Gasteiger partial charge on any atom is -0.394 e. The molecule has 3 N–H and O–H groups in total. The molecule has 0 aliphatic rings. The molecule has 2 rings (SSSR count). The normalized spacial score (nSPS) is 11.8. The van der Waals surface area contributed by atoms with Crippen molar-refractivity contribution in [3.63, 3.8) is 0 Å². The molecule has 1 aromatic carbocycles. The van der Waals surface area contributed by atoms with Gasteiger partial charge in [0, 0.05) is 12.4 Å². The van der Waals surface area contributed by atoms with Crippen LogP contribution in [0.25, 0.3) is 10.9 Å². The molecule has 2 aromatic rings. The minimum atomic E-state index is -1.06. The lowest BCUT2D eigenvalue weighted by atomic mass is 10.0. The minimum absolute atomic E-state index is 0.284. The van der Waals surface area contributed by atoms with Crippen molar-refractivity contribution in [2.75, 3.05) is 13.2 Å². The summed E-state index contributed by atoms with van der Waals surface area (Å²) in [5.41, 5.74) is 0.0731. The highest BCUT2D eigenvalue weighted by molar-refractivity contribution is 6.05. The van der Waals surface area contributed by atoms with Crippen LogP contribution in [-0.4, -0.2) is 44.7 Å². The SMILES string of the molecule is Cn1nc(C(=O)NC(C)(CO)CO)c2ccccc21. The lowest BCUT2D eigenvalue weighted by Gasteiger charge is -2.25. The average Bonchev–Trinajstić information content (AvgIpc) is 2.77. The van der Waals surface area contributed by atoms with E-state index in [1.54, 1.807) is 18.7 Å². The van der Waals surface area contributed by atoms with Gasteiger partial charge in [0.1, 0.15) is 0 Å². The van der Waals surface area contributed by atoms with E-state index in [1.807, 2.05) is 24.3 Å². The summed E-state index contributed by atoms with van der Waals surface area (Å²) in [6.45, 7) is 0.871. The van der Waals surface area contributed by atoms with Gasteiger partial charge in [0.05, 0.1) is 24.3 Å². The first-order valence-electron chi connectivity index (χ1n) is 5.97. The lowest BCUT2D eigenvalue weighted by Crippen LogP contribution is -2.51. The van der Waals surface area contributed by atoms with E-state index in [4.69, 9.17) is 0 Å². The van der Waals surface area contributed by atoms with Crippen LogP contribution < -0.4 is 5.32 Å². The summed E-state index contributed by atoms with van der Waals surface area (Å²) in [5.74, 6) is -0.414. The van der Waals surface area contributed by atoms with Gasteiger partial charge < -0.3 is 15.5 Å². The number of hydrogen-bond donors (Lipinski definition) is 3. The fourth-order valence-electron chi connectivity index (χ4n) is 1.84. The Hall–Kier alpha value is -1.92. The number of nitrogens with one attached hydrogen (secondary N) is 1. The predicted molar refractivity (Wildman–Crippen MR) is 70.8 cm³/mol. The fourth-order valence-corrected chi connectivity index (χ4v) is 1.84. The van der Waals surface area contributed by atoms with Crippen LogP contribution in [0.15, 0.2) is 24.3 Å². The van der Waals surface area contributed by atoms with E-state index in [2.05, 4.69) is 10.4 Å². The van der Waals surface area contributed by atoms with Crippen LogP contribution in [0.3, 0.4) is 0 Å². The monoisotopic (exact) mass is 263 g/mol. The number of aromatic nitrogens is 2. The van der Waals surface area contributed by atoms with Crippen LogP contribution in [0.5, 0.6) is 0 Å². The summed E-state index contributed by atoms with van der Waals surface area (Å²) in [7, 11) is 1.76. The largest absolute Gasteiger partial charge is 0.394 e. The molecule has 0 saturated heterocycles. The molecule has 0 radical (unpaired) electrons. The Bertz CT molecular complexity index is 602. The van der Waals surface area contributed by atoms with E-state index in [0.29, 0.717) is 0 Å². The number of aliphatic hydroxyl groups excluding tert-OH is 2. The molecule has 102 valence electrons. The predicted octanol–water partition coefficient (Wildman–Crippen LogP) is 0.0464. The maximum Gasteiger partial charge on any atom is 0.273 e. The van der Waals surface area contributed by atoms with Crippen LogP contribution in [0, 0.1) is 0 Å². The summed E-state index contributed by atoms with van der Waals surface area (Å²) in [6, 6.07) is 7.39. The van der Waals surface area contributed by atoms with Crippen molar-refractivity contribution >= 4 is 16.8 Å². The van der Waals surface area contributed by atoms with Crippen molar-refractivity contribution in [2.45, 2.75) is 12.5 Å². The molecule has 19 heavy (non-hydrogen) atoms. The first-order chi connectivity index (χ1) is 9.00. The quantitative estimate of drug-likeness (QED) is 0.727. The summed E-state index contributed by atoms with van der Waals surface area (Å²) < 4.78 is 1.62. The molecule has 6 nitrogen and oxygen atoms in total. The van der Waals surface area contributed by atoms with Crippen LogP contribution >= 0.6 is 0 Å². The van der Waals surface area contributed by atoms with Crippen LogP contribution in [0.4, 0.5) is 0 Å². The standard InChI is InChI=1S/C13H17N3O3/c1-13(7-17,8-18)14-12(19)11-9-5-3-4-6-10(9)16(2)15-11/h3-6,17-18H,7-8H2,1-2H3,(H,14,19). The fraction of sp³-hybridized carbons (Fsp3) is 0.385. The van der Waals surface area contributed by atoms with E-state index < -0.39 is 11.4 Å². The van der Waals surface area contributed by atoms with Gasteiger partial charge in [-0.3, -0.25) is 9.48 Å². The van der Waals surface area contributed by atoms with Gasteiger partial charge in [-0.25, -0.2) is 0 Å². The maximum atomic E-state index is 12.2. The van der Waals surface area contributed by atoms with E-state index in [1.165, 1.54) is 0 Å². The second-order valence-corrected chi connectivity index (χ2v) is 4.82. The Morgan fingerprint density at radius 1 is 1.37 bits per heavy atom. The molecule has 0 aliphatic heterocycles. The lowest BCUT2D eigenvalue weighted by molar-refractivity contribution is 0.0720. The number of aliphatic hydroxyl groups is 2. The van der Waals surface area contributed by atoms with Crippen molar-refractivity contribution in [1.82, 2.24) is 15.1 Å². The number of carbonyl (C=O) groups is 1. The third-order valence-corrected chi connectivity index (χ3v) is 3.09. The highest BCUT2D eigenvalue weighted by Crippen LogP contribution is 2.18. The van der Waals surface area contributed by atoms with Gasteiger partial charge in [-0.05, 0) is 13.0 Å². The van der Waals surface area contributed by atoms with Crippen LogP contribution in [0.1, 0.15) is 17.4 Å². The molecular weight excluding hydrogens is 246 g/mol. The van der Waals surface area contributed by atoms with E-state index in [-0.39, 0.29) is 18.9 Å². The molecular formula is C13H17N3O3. The highest BCUT2D eigenvalue weighted by Gasteiger charge is 2.27. The second kappa shape index (κ2) is 4.99. The number of hydrogen-bond acceptors (Lipinski definition) is 4. The van der Waals surface area contributed by atoms with Gasteiger partial charge in [0.2, 0.25) is 0 Å². The van der Waals surface area contributed by atoms with E-state index in [9.17, 15) is 15.0 Å². The number of rotatable bonds is 4. The third kappa shape index (κ3) is 2.45. The Morgan fingerprint density at radius 2 is 2.00 bits per heavy atom. The van der Waals surface area contributed by atoms with Crippen molar-refractivity contribution in [3.8, 4) is 0 Å². The average molecular weight is 263 g/mol. The van der Waals surface area contributed by atoms with Crippen LogP contribution in [-0.2, 0) is 7.05 Å². The summed E-state index contributed by atoms with van der Waals surface area (Å²) in [5, 5.41) is 25.9. The third-order valence-electron chi connectivity index (χ3n) is 3.09. The van der Waals surface area contributed by atoms with Gasteiger partial charge in [0.25, 0.3) is 5.91 Å². The van der Waals surface area contributed by atoms with Gasteiger partial charge >= 0.3 is 0 Å². The summed E-state index contributed by atoms with van der Waals surface area (Å²) >= 11 is 0. The smallest absolute Gasteiger partial charge is 0.273 e. The molecule has 0 unspecified atom stereocenters. The summed E-state index contributed by atoms with van der Waals surface area (Å²) in [4.78, 5) is 12.2. The summed E-state index contributed by atoms with van der Waals surface area (Å²) in [6.07, 6.45) is 0. The molecule has 0 aliphatic carbocycles. The Labute approximate surface area is 110 Å². The number of fused-ring (bicyclic) bond motifs is 1. The van der Waals surface area contributed by atoms with E-state index >= 15 is 0 Å². The zero-order valence-corrected chi connectivity index (χ0v) is 10.9. The van der Waals surface area contributed by atoms with E-state index in [0.717, 1.165) is 10.9 Å². The Kier molecular flexibility index (Phi) is 3.55. The number of aryl methyl sites for hydroxylation is 1. The first kappa shape index (κ1) is 13.5. The number of amides is 1. The van der Waals surface area contributed by atoms with Gasteiger partial charge in [0.15, 0.2) is 5.69 Å². The first-order valence-corrected chi connectivity index (χ1v) is 5.97. The molecule has 1 heterocycles. The molecule has 0 saturated carbocycles. The van der Waals surface area contributed by atoms with Gasteiger partial charge in [-0.15, -0.1) is 0 Å². The topological polar surface area (TPSA) is 87.4 Å². The molecule has 6 heteroatoms. The van der Waals surface area contributed by atoms with Crippen molar-refractivity contribution in [1.29, 1.82) is 0 Å². The molecule has 1 aromatic heterocycles. The van der Waals surface area contributed by atoms with Crippen molar-refractivity contribution in [2.24, 2.45) is 7.05 Å². The Balaban J connectivity index is 2.37. The molecule has 0 bridgehead atoms. The van der Waals surface area contributed by atoms with Gasteiger partial charge in [-0.2, -0.15) is 5.10 Å². The zero-order chi connectivity index (χ0) is 14.0. The zero-order valence-electron chi connectivity index (χ0n) is 10.9. The number of nitrogens with zero attached hydrogens (tertiary/aromatic N) is 2. The number of para-hydroxylation sites is 1. The Morgan fingerprint density at radius 3 is 2.63 bits per heavy atom. The molecule has 1 amide bonds. The number of carbonyl (C=O) groups excluding carboxylic acids is 1. The molecule has 0 spiro atoms. The molecule has 0 atom stereocenters. The van der Waals surface area contributed by atoms with Crippen LogP contribution in [0.2, 0.25) is 0 Å². The maximum absolute atomic E-state index is 12.2.